The van der Waals surface area contributed by atoms with E-state index in [0.29, 0.717) is 22.2 Å². The Bertz CT molecular complexity index is 796. The first-order valence-corrected chi connectivity index (χ1v) is 9.24. The fourth-order valence-electron chi connectivity index (χ4n) is 2.45. The van der Waals surface area contributed by atoms with Crippen molar-refractivity contribution in [3.8, 4) is 10.8 Å². The molecule has 1 atom stereocenters. The molecule has 0 radical (unpaired) electrons. The molecule has 4 rings (SSSR count). The highest BCUT2D eigenvalue weighted by atomic mass is 35.5. The molecule has 1 saturated heterocycles. The minimum Gasteiger partial charge on any atom is -0.410 e. The lowest BCUT2D eigenvalue weighted by Crippen LogP contribution is -2.07. The van der Waals surface area contributed by atoms with E-state index in [-0.39, 0.29) is 0 Å². The Balaban J connectivity index is 1.55. The van der Waals surface area contributed by atoms with Crippen LogP contribution in [-0.2, 0) is 4.74 Å². The van der Waals surface area contributed by atoms with E-state index >= 15 is 0 Å². The maximum absolute atomic E-state index is 6.44. The Labute approximate surface area is 140 Å². The van der Waals surface area contributed by atoms with Crippen LogP contribution in [0.4, 0.5) is 0 Å². The van der Waals surface area contributed by atoms with Crippen LogP contribution < -0.4 is 0 Å². The van der Waals surface area contributed by atoms with Crippen LogP contribution in [0.3, 0.4) is 0 Å². The van der Waals surface area contributed by atoms with Crippen LogP contribution in [0, 0.1) is 0 Å². The third kappa shape index (κ3) is 2.76. The number of rotatable bonds is 4. The van der Waals surface area contributed by atoms with E-state index in [1.165, 1.54) is 0 Å². The van der Waals surface area contributed by atoms with Gasteiger partial charge < -0.3 is 9.15 Å². The fraction of sp³-hybridized carbons (Fsp3) is 0.333. The van der Waals surface area contributed by atoms with Crippen LogP contribution in [0.15, 0.2) is 33.9 Å². The molecular formula is C15H13ClN2O2S2. The molecule has 22 heavy (non-hydrogen) atoms. The highest BCUT2D eigenvalue weighted by Gasteiger charge is 2.20. The van der Waals surface area contributed by atoms with E-state index < -0.39 is 0 Å². The third-order valence-corrected chi connectivity index (χ3v) is 6.17. The highest BCUT2D eigenvalue weighted by molar-refractivity contribution is 7.99. The van der Waals surface area contributed by atoms with E-state index in [0.717, 1.165) is 40.2 Å². The number of benzene rings is 1. The highest BCUT2D eigenvalue weighted by Crippen LogP contribution is 2.41. The van der Waals surface area contributed by atoms with Crippen LogP contribution >= 0.6 is 34.7 Å². The number of hydrogen-bond acceptors (Lipinski definition) is 6. The van der Waals surface area contributed by atoms with Crippen molar-refractivity contribution >= 4 is 44.8 Å². The van der Waals surface area contributed by atoms with Gasteiger partial charge in [-0.1, -0.05) is 41.6 Å². The Morgan fingerprint density at radius 1 is 1.32 bits per heavy atom. The molecule has 1 aliphatic rings. The van der Waals surface area contributed by atoms with Crippen molar-refractivity contribution in [2.75, 3.05) is 12.4 Å². The zero-order valence-corrected chi connectivity index (χ0v) is 14.0. The summed E-state index contributed by atoms with van der Waals surface area (Å²) in [6, 6.07) is 8.01. The Hall–Kier alpha value is -1.08. The van der Waals surface area contributed by atoms with Gasteiger partial charge in [0.25, 0.3) is 11.1 Å². The van der Waals surface area contributed by atoms with Gasteiger partial charge in [-0.3, -0.25) is 0 Å². The van der Waals surface area contributed by atoms with E-state index in [1.807, 2.05) is 24.3 Å². The molecule has 3 heterocycles. The molecule has 7 heteroatoms. The Kier molecular flexibility index (Phi) is 4.09. The number of nitrogens with zero attached hydrogens (tertiary/aromatic N) is 2. The van der Waals surface area contributed by atoms with Gasteiger partial charge in [-0.15, -0.1) is 21.5 Å². The monoisotopic (exact) mass is 352 g/mol. The molecule has 0 N–H and O–H groups in total. The first-order valence-electron chi connectivity index (χ1n) is 7.06. The molecule has 0 aliphatic carbocycles. The zero-order chi connectivity index (χ0) is 14.9. The molecule has 0 bridgehead atoms. The van der Waals surface area contributed by atoms with E-state index in [1.54, 1.807) is 23.1 Å². The second-order valence-electron chi connectivity index (χ2n) is 5.06. The lowest BCUT2D eigenvalue weighted by molar-refractivity contribution is 0.128. The maximum atomic E-state index is 6.44. The zero-order valence-electron chi connectivity index (χ0n) is 11.6. The van der Waals surface area contributed by atoms with Gasteiger partial charge in [-0.2, -0.15) is 0 Å². The van der Waals surface area contributed by atoms with Gasteiger partial charge in [-0.25, -0.2) is 0 Å². The first-order chi connectivity index (χ1) is 10.8. The van der Waals surface area contributed by atoms with Gasteiger partial charge in [0.2, 0.25) is 0 Å². The van der Waals surface area contributed by atoms with Crippen LogP contribution in [0.2, 0.25) is 5.02 Å². The van der Waals surface area contributed by atoms with Gasteiger partial charge in [-0.05, 0) is 18.9 Å². The van der Waals surface area contributed by atoms with Crippen molar-refractivity contribution in [3.63, 3.8) is 0 Å². The molecule has 114 valence electrons. The lowest BCUT2D eigenvalue weighted by atomic mass is 10.2. The summed E-state index contributed by atoms with van der Waals surface area (Å²) in [4.78, 5) is 0.833. The van der Waals surface area contributed by atoms with Crippen molar-refractivity contribution in [2.24, 2.45) is 0 Å². The quantitative estimate of drug-likeness (QED) is 0.626. The average Bonchev–Trinajstić information content (AvgIpc) is 3.25. The summed E-state index contributed by atoms with van der Waals surface area (Å²) < 4.78 is 12.5. The van der Waals surface area contributed by atoms with Gasteiger partial charge in [0, 0.05) is 22.4 Å². The summed E-state index contributed by atoms with van der Waals surface area (Å²) in [5.41, 5.74) is 0. The number of fused-ring (bicyclic) bond motifs is 1. The molecule has 2 aromatic heterocycles. The SMILES string of the molecule is Clc1c(-c2nnc(SC[C@@H]3CCCO3)o2)sc2ccccc12. The minimum atomic E-state index is 0.299. The number of ether oxygens (including phenoxy) is 1. The van der Waals surface area contributed by atoms with Gasteiger partial charge in [0.05, 0.1) is 11.1 Å². The van der Waals surface area contributed by atoms with Crippen LogP contribution in [0.5, 0.6) is 0 Å². The van der Waals surface area contributed by atoms with Crippen molar-refractivity contribution in [1.29, 1.82) is 0 Å². The summed E-state index contributed by atoms with van der Waals surface area (Å²) in [6.45, 7) is 0.859. The molecular weight excluding hydrogens is 340 g/mol. The molecule has 1 aromatic carbocycles. The molecule has 4 nitrogen and oxygen atoms in total. The van der Waals surface area contributed by atoms with E-state index in [2.05, 4.69) is 10.2 Å². The number of thiophene rings is 1. The molecule has 0 amide bonds. The first kappa shape index (κ1) is 14.5. The molecule has 1 fully saturated rings. The maximum Gasteiger partial charge on any atom is 0.276 e. The molecule has 0 saturated carbocycles. The predicted molar refractivity (Wildman–Crippen MR) is 89.8 cm³/mol. The standard InChI is InChI=1S/C15H13ClN2O2S2/c16-12-10-5-1-2-6-11(10)22-13(12)14-17-18-15(20-14)21-8-9-4-3-7-19-9/h1-2,5-6,9H,3-4,7-8H2/t9-/m0/s1. The van der Waals surface area contributed by atoms with Crippen LogP contribution in [0.25, 0.3) is 20.9 Å². The molecule has 0 unspecified atom stereocenters. The number of thioether (sulfide) groups is 1. The number of hydrogen-bond donors (Lipinski definition) is 0. The predicted octanol–water partition coefficient (Wildman–Crippen LogP) is 4.88. The van der Waals surface area contributed by atoms with E-state index in [9.17, 15) is 0 Å². The summed E-state index contributed by atoms with van der Waals surface area (Å²) in [5, 5.41) is 10.5. The second-order valence-corrected chi connectivity index (χ2v) is 7.46. The van der Waals surface area contributed by atoms with Gasteiger partial charge >= 0.3 is 0 Å². The lowest BCUT2D eigenvalue weighted by Gasteiger charge is -2.05. The second kappa shape index (κ2) is 6.20. The smallest absolute Gasteiger partial charge is 0.276 e. The average molecular weight is 353 g/mol. The van der Waals surface area contributed by atoms with Crippen molar-refractivity contribution < 1.29 is 9.15 Å². The Morgan fingerprint density at radius 2 is 2.23 bits per heavy atom. The number of halogens is 1. The Morgan fingerprint density at radius 3 is 3.05 bits per heavy atom. The summed E-state index contributed by atoms with van der Waals surface area (Å²) in [5.74, 6) is 1.34. The molecule has 3 aromatic rings. The minimum absolute atomic E-state index is 0.299. The largest absolute Gasteiger partial charge is 0.410 e. The van der Waals surface area contributed by atoms with Crippen LogP contribution in [-0.4, -0.2) is 28.7 Å². The van der Waals surface area contributed by atoms with Crippen molar-refractivity contribution in [3.05, 3.63) is 29.3 Å². The summed E-state index contributed by atoms with van der Waals surface area (Å²) in [7, 11) is 0. The van der Waals surface area contributed by atoms with Crippen molar-refractivity contribution in [1.82, 2.24) is 10.2 Å². The van der Waals surface area contributed by atoms with Gasteiger partial charge in [0.15, 0.2) is 0 Å². The van der Waals surface area contributed by atoms with Crippen LogP contribution in [0.1, 0.15) is 12.8 Å². The van der Waals surface area contributed by atoms with E-state index in [4.69, 9.17) is 20.8 Å². The third-order valence-electron chi connectivity index (χ3n) is 3.55. The summed E-state index contributed by atoms with van der Waals surface area (Å²) in [6.07, 6.45) is 2.54. The molecule has 0 spiro atoms. The van der Waals surface area contributed by atoms with Crippen molar-refractivity contribution in [2.45, 2.75) is 24.2 Å². The topological polar surface area (TPSA) is 48.2 Å². The normalized spacial score (nSPS) is 18.3. The summed E-state index contributed by atoms with van der Waals surface area (Å²) >= 11 is 9.55. The van der Waals surface area contributed by atoms with Gasteiger partial charge in [0.1, 0.15) is 4.88 Å². The molecule has 1 aliphatic heterocycles. The fourth-order valence-corrected chi connectivity index (χ4v) is 4.71. The number of aromatic nitrogens is 2.